The maximum Gasteiger partial charge on any atom is 0.306 e. The summed E-state index contributed by atoms with van der Waals surface area (Å²) >= 11 is 1.10. The number of esters is 1. The monoisotopic (exact) mass is 506 g/mol. The Balaban J connectivity index is 4.51. The molecule has 0 aliphatic rings. The molecule has 0 aliphatic heterocycles. The van der Waals surface area contributed by atoms with Gasteiger partial charge in [0.25, 0.3) is 0 Å². The quantitative estimate of drug-likeness (QED) is 0.128. The highest BCUT2D eigenvalue weighted by molar-refractivity contribution is 8.13. The summed E-state index contributed by atoms with van der Waals surface area (Å²) in [6.07, 6.45) is -1.73. The number of ether oxygens (including phenoxy) is 1. The van der Waals surface area contributed by atoms with E-state index in [1.807, 2.05) is 21.1 Å². The second-order valence-electron chi connectivity index (χ2n) is 9.92. The highest BCUT2D eigenvalue weighted by atomic mass is 32.2. The molecule has 34 heavy (non-hydrogen) atoms. The number of quaternary nitrogens is 1. The smallest absolute Gasteiger partial charge is 0.306 e. The summed E-state index contributed by atoms with van der Waals surface area (Å²) in [5.74, 6) is -2.53. The van der Waals surface area contributed by atoms with E-state index in [-0.39, 0.29) is 43.4 Å². The molecule has 0 aromatic rings. The first-order valence-electron chi connectivity index (χ1n) is 11.1. The fourth-order valence-electron chi connectivity index (χ4n) is 3.09. The third-order valence-electron chi connectivity index (χ3n) is 4.70. The van der Waals surface area contributed by atoms with Crippen LogP contribution in [0.5, 0.6) is 0 Å². The summed E-state index contributed by atoms with van der Waals surface area (Å²) in [4.78, 5) is 58.2. The van der Waals surface area contributed by atoms with Gasteiger partial charge in [0.15, 0.2) is 5.12 Å². The zero-order valence-electron chi connectivity index (χ0n) is 21.0. The number of amides is 2. The lowest BCUT2D eigenvalue weighted by Crippen LogP contribution is -2.47. The number of aliphatic hydroxyl groups is 1. The third kappa shape index (κ3) is 15.6. The lowest BCUT2D eigenvalue weighted by Gasteiger charge is -2.30. The van der Waals surface area contributed by atoms with Crippen LogP contribution in [-0.4, -0.2) is 103 Å². The maximum absolute atomic E-state index is 12.3. The number of aliphatic carboxylic acids is 1. The lowest BCUT2D eigenvalue weighted by molar-refractivity contribution is -0.873. The summed E-state index contributed by atoms with van der Waals surface area (Å²) in [7, 11) is 5.70. The van der Waals surface area contributed by atoms with Crippen LogP contribution >= 0.6 is 11.8 Å². The molecule has 196 valence electrons. The predicted molar refractivity (Wildman–Crippen MR) is 128 cm³/mol. The molecule has 0 aromatic heterocycles. The molecular weight excluding hydrogens is 466 g/mol. The van der Waals surface area contributed by atoms with E-state index in [9.17, 15) is 29.1 Å². The van der Waals surface area contributed by atoms with E-state index in [4.69, 9.17) is 9.84 Å². The van der Waals surface area contributed by atoms with Gasteiger partial charge < -0.3 is 30.1 Å². The fourth-order valence-corrected chi connectivity index (χ4v) is 3.58. The molecule has 0 unspecified atom stereocenters. The number of thioether (sulfide) groups is 1. The van der Waals surface area contributed by atoms with E-state index >= 15 is 0 Å². The van der Waals surface area contributed by atoms with Crippen molar-refractivity contribution in [1.82, 2.24) is 10.6 Å². The molecular formula is C22H40N3O8S+. The number of carboxylic acids is 1. The summed E-state index contributed by atoms with van der Waals surface area (Å²) in [5.41, 5.74) is -1.10. The number of carbonyl (C=O) groups is 5. The molecule has 12 heteroatoms. The number of carbonyl (C=O) groups excluding carboxylic acids is 4. The van der Waals surface area contributed by atoms with Crippen molar-refractivity contribution in [2.45, 2.75) is 46.1 Å². The molecule has 0 saturated carbocycles. The molecule has 0 saturated heterocycles. The Hall–Kier alpha value is -2.18. The van der Waals surface area contributed by atoms with Crippen molar-refractivity contribution in [1.29, 1.82) is 0 Å². The van der Waals surface area contributed by atoms with Crippen LogP contribution in [0.2, 0.25) is 0 Å². The van der Waals surface area contributed by atoms with Crippen LogP contribution in [-0.2, 0) is 28.7 Å². The Morgan fingerprint density at radius 2 is 1.65 bits per heavy atom. The number of aliphatic hydroxyl groups excluding tert-OH is 1. The zero-order chi connectivity index (χ0) is 26.5. The molecule has 0 aromatic carbocycles. The molecule has 0 bridgehead atoms. The molecule has 0 spiro atoms. The summed E-state index contributed by atoms with van der Waals surface area (Å²) < 4.78 is 5.74. The molecule has 2 amide bonds. The van der Waals surface area contributed by atoms with Gasteiger partial charge in [-0.1, -0.05) is 25.6 Å². The molecule has 11 nitrogen and oxygen atoms in total. The topological polar surface area (TPSA) is 159 Å². The Morgan fingerprint density at radius 1 is 1.03 bits per heavy atom. The molecule has 2 atom stereocenters. The van der Waals surface area contributed by atoms with Crippen molar-refractivity contribution >= 4 is 40.6 Å². The van der Waals surface area contributed by atoms with Crippen LogP contribution in [0.3, 0.4) is 0 Å². The van der Waals surface area contributed by atoms with E-state index in [0.717, 1.165) is 11.8 Å². The highest BCUT2D eigenvalue weighted by Gasteiger charge is 2.35. The second-order valence-corrected chi connectivity index (χ2v) is 11.2. The normalized spacial score (nSPS) is 13.5. The second kappa shape index (κ2) is 14.9. The van der Waals surface area contributed by atoms with Gasteiger partial charge in [-0.2, -0.15) is 0 Å². The van der Waals surface area contributed by atoms with Crippen molar-refractivity contribution < 1.29 is 43.4 Å². The van der Waals surface area contributed by atoms with Gasteiger partial charge in [-0.25, -0.2) is 0 Å². The number of rotatable bonds is 16. The third-order valence-corrected chi connectivity index (χ3v) is 5.51. The van der Waals surface area contributed by atoms with Crippen LogP contribution in [0, 0.1) is 11.3 Å². The molecule has 0 rings (SSSR count). The summed E-state index contributed by atoms with van der Waals surface area (Å²) in [5, 5.41) is 24.5. The molecule has 4 N–H and O–H groups in total. The van der Waals surface area contributed by atoms with Gasteiger partial charge in [-0.05, 0) is 0 Å². The first-order chi connectivity index (χ1) is 15.5. The van der Waals surface area contributed by atoms with E-state index in [2.05, 4.69) is 10.6 Å². The standard InChI is InChI=1S/C22H39N3O8S/c1-15(26)34-10-9-23-17(27)7-8-24-21(32)20(31)22(2,3)14-33-19(30)12-16(11-18(28)29)13-25(4,5)6/h16,20,31H,7-14H2,1-6H3,(H2-,23,24,27,28,29,32)/p+1/t16-,20-/m0/s1. The number of hydrogen-bond donors (Lipinski definition) is 4. The van der Waals surface area contributed by atoms with Crippen molar-refractivity contribution in [3.05, 3.63) is 0 Å². The number of carboxylic acid groups (broad SMARTS) is 1. The number of nitrogens with zero attached hydrogens (tertiary/aromatic N) is 1. The molecule has 0 fully saturated rings. The number of hydrogen-bond acceptors (Lipinski definition) is 8. The first-order valence-corrected chi connectivity index (χ1v) is 12.1. The Labute approximate surface area is 205 Å². The van der Waals surface area contributed by atoms with Crippen LogP contribution in [0.1, 0.15) is 40.0 Å². The van der Waals surface area contributed by atoms with E-state index < -0.39 is 35.3 Å². The first kappa shape index (κ1) is 31.8. The average molecular weight is 507 g/mol. The average Bonchev–Trinajstić information content (AvgIpc) is 2.67. The van der Waals surface area contributed by atoms with Crippen LogP contribution in [0.15, 0.2) is 0 Å². The maximum atomic E-state index is 12.3. The largest absolute Gasteiger partial charge is 0.481 e. The van der Waals surface area contributed by atoms with Crippen molar-refractivity contribution in [2.24, 2.45) is 11.3 Å². The van der Waals surface area contributed by atoms with Crippen molar-refractivity contribution in [3.8, 4) is 0 Å². The zero-order valence-corrected chi connectivity index (χ0v) is 21.8. The van der Waals surface area contributed by atoms with Gasteiger partial charge in [-0.15, -0.1) is 0 Å². The number of nitrogens with one attached hydrogen (secondary N) is 2. The van der Waals surface area contributed by atoms with Gasteiger partial charge in [0.05, 0.1) is 47.1 Å². The van der Waals surface area contributed by atoms with Crippen LogP contribution in [0.4, 0.5) is 0 Å². The Bertz CT molecular complexity index is 721. The van der Waals surface area contributed by atoms with Gasteiger partial charge >= 0.3 is 11.9 Å². The van der Waals surface area contributed by atoms with E-state index in [1.165, 1.54) is 6.92 Å². The fraction of sp³-hybridized carbons (Fsp3) is 0.773. The van der Waals surface area contributed by atoms with Crippen molar-refractivity contribution in [3.63, 3.8) is 0 Å². The minimum Gasteiger partial charge on any atom is -0.481 e. The van der Waals surface area contributed by atoms with Gasteiger partial charge in [0, 0.05) is 43.5 Å². The molecule has 0 radical (unpaired) electrons. The van der Waals surface area contributed by atoms with Gasteiger partial charge in [-0.3, -0.25) is 24.0 Å². The minimum atomic E-state index is -1.49. The molecule has 0 heterocycles. The van der Waals surface area contributed by atoms with Gasteiger partial charge in [0.1, 0.15) is 6.10 Å². The molecule has 0 aliphatic carbocycles. The van der Waals surface area contributed by atoms with E-state index in [1.54, 1.807) is 13.8 Å². The van der Waals surface area contributed by atoms with E-state index in [0.29, 0.717) is 23.3 Å². The van der Waals surface area contributed by atoms with Gasteiger partial charge in [0.2, 0.25) is 11.8 Å². The lowest BCUT2D eigenvalue weighted by atomic mass is 9.87. The Kier molecular flexibility index (Phi) is 14.0. The van der Waals surface area contributed by atoms with Crippen molar-refractivity contribution in [2.75, 3.05) is 53.1 Å². The summed E-state index contributed by atoms with van der Waals surface area (Å²) in [6.45, 7) is 5.14. The SMILES string of the molecule is CC(=O)SCCNC(=O)CCNC(=O)[C@H](O)C(C)(C)COC(=O)C[C@H](CC(=O)O)C[N+](C)(C)C. The van der Waals surface area contributed by atoms with Crippen LogP contribution < -0.4 is 10.6 Å². The van der Waals surface area contributed by atoms with Crippen LogP contribution in [0.25, 0.3) is 0 Å². The summed E-state index contributed by atoms with van der Waals surface area (Å²) in [6, 6.07) is 0. The minimum absolute atomic E-state index is 0.00979. The highest BCUT2D eigenvalue weighted by Crippen LogP contribution is 2.22. The Morgan fingerprint density at radius 3 is 2.18 bits per heavy atom. The predicted octanol–water partition coefficient (Wildman–Crippen LogP) is 0.00610.